The highest BCUT2D eigenvalue weighted by molar-refractivity contribution is 5.97. The number of ketones is 1. The van der Waals surface area contributed by atoms with Crippen LogP contribution >= 0.6 is 0 Å². The molecule has 3 heteroatoms. The quantitative estimate of drug-likeness (QED) is 0.558. The summed E-state index contributed by atoms with van der Waals surface area (Å²) in [7, 11) is 0. The molecule has 1 unspecified atom stereocenters. The van der Waals surface area contributed by atoms with Crippen LogP contribution in [0, 0.1) is 5.92 Å². The minimum Gasteiger partial charge on any atom is -0.460 e. The molecule has 1 aromatic carbocycles. The van der Waals surface area contributed by atoms with Gasteiger partial charge in [0.05, 0.1) is 0 Å². The van der Waals surface area contributed by atoms with Crippen molar-refractivity contribution in [2.45, 2.75) is 20.5 Å². The van der Waals surface area contributed by atoms with Gasteiger partial charge in [0, 0.05) is 0 Å². The highest BCUT2D eigenvalue weighted by Gasteiger charge is 2.18. The zero-order chi connectivity index (χ0) is 11.3. The number of hydrogen-bond acceptors (Lipinski definition) is 3. The second-order valence-corrected chi connectivity index (χ2v) is 3.43. The largest absolute Gasteiger partial charge is 0.460 e. The topological polar surface area (TPSA) is 43.4 Å². The standard InChI is InChI=1S/C12H14O3/c1-9(10(2)13)12(14)15-8-11-6-4-3-5-7-11/h3-7,9H,8H2,1-2H3. The molecular formula is C12H14O3. The molecule has 80 valence electrons. The molecule has 0 aliphatic rings. The van der Waals surface area contributed by atoms with Crippen LogP contribution in [0.2, 0.25) is 0 Å². The lowest BCUT2D eigenvalue weighted by atomic mass is 10.1. The Morgan fingerprint density at radius 2 is 1.87 bits per heavy atom. The molecule has 0 bridgehead atoms. The number of carbonyl (C=O) groups excluding carboxylic acids is 2. The first-order valence-corrected chi connectivity index (χ1v) is 4.82. The van der Waals surface area contributed by atoms with E-state index in [2.05, 4.69) is 0 Å². The maximum atomic E-state index is 11.3. The normalized spacial score (nSPS) is 11.9. The number of rotatable bonds is 4. The summed E-state index contributed by atoms with van der Waals surface area (Å²) in [5.74, 6) is -1.31. The molecule has 0 saturated heterocycles. The molecule has 3 nitrogen and oxygen atoms in total. The third kappa shape index (κ3) is 3.54. The van der Waals surface area contributed by atoms with Crippen molar-refractivity contribution < 1.29 is 14.3 Å². The van der Waals surface area contributed by atoms with Crippen LogP contribution in [-0.2, 0) is 20.9 Å². The summed E-state index contributed by atoms with van der Waals surface area (Å²) < 4.78 is 4.99. The average Bonchev–Trinajstić information content (AvgIpc) is 2.26. The fraction of sp³-hybridized carbons (Fsp3) is 0.333. The average molecular weight is 206 g/mol. The van der Waals surface area contributed by atoms with Gasteiger partial charge in [-0.15, -0.1) is 0 Å². The molecule has 0 aliphatic carbocycles. The maximum absolute atomic E-state index is 11.3. The Labute approximate surface area is 89.1 Å². The van der Waals surface area contributed by atoms with Gasteiger partial charge in [0.15, 0.2) is 0 Å². The highest BCUT2D eigenvalue weighted by Crippen LogP contribution is 2.05. The van der Waals surface area contributed by atoms with Crippen LogP contribution in [0.1, 0.15) is 19.4 Å². The molecule has 1 aromatic rings. The minimum atomic E-state index is -0.672. The van der Waals surface area contributed by atoms with Gasteiger partial charge in [0.25, 0.3) is 0 Å². The number of hydrogen-bond donors (Lipinski definition) is 0. The van der Waals surface area contributed by atoms with Gasteiger partial charge in [0.1, 0.15) is 18.3 Å². The molecule has 0 spiro atoms. The van der Waals surface area contributed by atoms with E-state index in [0.717, 1.165) is 5.56 Å². The van der Waals surface area contributed by atoms with E-state index in [9.17, 15) is 9.59 Å². The van der Waals surface area contributed by atoms with Crippen molar-refractivity contribution in [2.75, 3.05) is 0 Å². The lowest BCUT2D eigenvalue weighted by Gasteiger charge is -2.08. The van der Waals surface area contributed by atoms with E-state index in [1.807, 2.05) is 30.3 Å². The number of esters is 1. The number of ether oxygens (including phenoxy) is 1. The van der Waals surface area contributed by atoms with Crippen molar-refractivity contribution in [1.29, 1.82) is 0 Å². The molecule has 1 rings (SSSR count). The summed E-state index contributed by atoms with van der Waals surface area (Å²) in [6, 6.07) is 9.37. The molecule has 1 atom stereocenters. The van der Waals surface area contributed by atoms with Gasteiger partial charge in [-0.2, -0.15) is 0 Å². The van der Waals surface area contributed by atoms with Crippen LogP contribution in [-0.4, -0.2) is 11.8 Å². The fourth-order valence-corrected chi connectivity index (χ4v) is 1.02. The van der Waals surface area contributed by atoms with Gasteiger partial charge >= 0.3 is 5.97 Å². The second kappa shape index (κ2) is 5.29. The Bertz CT molecular complexity index is 343. The molecule has 0 N–H and O–H groups in total. The summed E-state index contributed by atoms with van der Waals surface area (Å²) in [6.07, 6.45) is 0. The summed E-state index contributed by atoms with van der Waals surface area (Å²) in [5, 5.41) is 0. The minimum absolute atomic E-state index is 0.173. The van der Waals surface area contributed by atoms with Crippen LogP contribution in [0.5, 0.6) is 0 Å². The van der Waals surface area contributed by atoms with Gasteiger partial charge in [-0.25, -0.2) is 0 Å². The van der Waals surface area contributed by atoms with Crippen molar-refractivity contribution >= 4 is 11.8 Å². The van der Waals surface area contributed by atoms with E-state index in [4.69, 9.17) is 4.74 Å². The number of Topliss-reactive ketones (excluding diaryl/α,β-unsaturated/α-hetero) is 1. The zero-order valence-electron chi connectivity index (χ0n) is 8.90. The third-order valence-corrected chi connectivity index (χ3v) is 2.19. The second-order valence-electron chi connectivity index (χ2n) is 3.43. The SMILES string of the molecule is CC(=O)C(C)C(=O)OCc1ccccc1. The predicted octanol–water partition coefficient (Wildman–Crippen LogP) is 1.95. The van der Waals surface area contributed by atoms with Gasteiger partial charge in [-0.3, -0.25) is 9.59 Å². The lowest BCUT2D eigenvalue weighted by molar-refractivity contribution is -0.152. The molecular weight excluding hydrogens is 192 g/mol. The van der Waals surface area contributed by atoms with Gasteiger partial charge in [-0.05, 0) is 19.4 Å². The van der Waals surface area contributed by atoms with Crippen LogP contribution in [0.4, 0.5) is 0 Å². The maximum Gasteiger partial charge on any atom is 0.316 e. The fourth-order valence-electron chi connectivity index (χ4n) is 1.02. The van der Waals surface area contributed by atoms with Crippen molar-refractivity contribution in [2.24, 2.45) is 5.92 Å². The van der Waals surface area contributed by atoms with E-state index in [1.165, 1.54) is 6.92 Å². The molecule has 0 fully saturated rings. The van der Waals surface area contributed by atoms with Crippen LogP contribution in [0.3, 0.4) is 0 Å². The Morgan fingerprint density at radius 3 is 2.40 bits per heavy atom. The van der Waals surface area contributed by atoms with Crippen LogP contribution in [0.25, 0.3) is 0 Å². The molecule has 0 aliphatic heterocycles. The third-order valence-electron chi connectivity index (χ3n) is 2.19. The first-order chi connectivity index (χ1) is 7.11. The van der Waals surface area contributed by atoms with Crippen molar-refractivity contribution in [3.8, 4) is 0 Å². The zero-order valence-corrected chi connectivity index (χ0v) is 8.90. The van der Waals surface area contributed by atoms with Crippen molar-refractivity contribution in [1.82, 2.24) is 0 Å². The molecule has 0 saturated carbocycles. The smallest absolute Gasteiger partial charge is 0.316 e. The van der Waals surface area contributed by atoms with Crippen molar-refractivity contribution in [3.63, 3.8) is 0 Å². The number of benzene rings is 1. The first-order valence-electron chi connectivity index (χ1n) is 4.82. The van der Waals surface area contributed by atoms with Crippen LogP contribution < -0.4 is 0 Å². The summed E-state index contributed by atoms with van der Waals surface area (Å²) in [5.41, 5.74) is 0.918. The van der Waals surface area contributed by atoms with E-state index in [-0.39, 0.29) is 12.4 Å². The monoisotopic (exact) mass is 206 g/mol. The summed E-state index contributed by atoms with van der Waals surface area (Å²) in [4.78, 5) is 22.2. The van der Waals surface area contributed by atoms with E-state index >= 15 is 0 Å². The van der Waals surface area contributed by atoms with Crippen LogP contribution in [0.15, 0.2) is 30.3 Å². The molecule has 15 heavy (non-hydrogen) atoms. The van der Waals surface area contributed by atoms with Gasteiger partial charge in [-0.1, -0.05) is 30.3 Å². The first kappa shape index (κ1) is 11.4. The van der Waals surface area contributed by atoms with Crippen molar-refractivity contribution in [3.05, 3.63) is 35.9 Å². The highest BCUT2D eigenvalue weighted by atomic mass is 16.5. The Morgan fingerprint density at radius 1 is 1.27 bits per heavy atom. The van der Waals surface area contributed by atoms with E-state index in [0.29, 0.717) is 0 Å². The summed E-state index contributed by atoms with van der Waals surface area (Å²) >= 11 is 0. The molecule has 0 aromatic heterocycles. The summed E-state index contributed by atoms with van der Waals surface area (Å²) in [6.45, 7) is 3.15. The Kier molecular flexibility index (Phi) is 4.03. The molecule has 0 amide bonds. The predicted molar refractivity (Wildman–Crippen MR) is 56.1 cm³/mol. The lowest BCUT2D eigenvalue weighted by Crippen LogP contribution is -2.20. The molecule has 0 radical (unpaired) electrons. The van der Waals surface area contributed by atoms with E-state index in [1.54, 1.807) is 6.92 Å². The molecule has 0 heterocycles. The Hall–Kier alpha value is -1.64. The van der Waals surface area contributed by atoms with E-state index < -0.39 is 11.9 Å². The number of carbonyl (C=O) groups is 2. The van der Waals surface area contributed by atoms with Gasteiger partial charge in [0.2, 0.25) is 0 Å². The Balaban J connectivity index is 2.44. The van der Waals surface area contributed by atoms with Gasteiger partial charge < -0.3 is 4.74 Å².